The number of nitrogens with one attached hydrogen (secondary N) is 2. The van der Waals surface area contributed by atoms with E-state index < -0.39 is 0 Å². The Morgan fingerprint density at radius 2 is 1.80 bits per heavy atom. The predicted molar refractivity (Wildman–Crippen MR) is 97.7 cm³/mol. The highest BCUT2D eigenvalue weighted by Gasteiger charge is 2.10. The molecule has 1 atom stereocenters. The lowest BCUT2D eigenvalue weighted by molar-refractivity contribution is 0.102. The van der Waals surface area contributed by atoms with E-state index in [1.54, 1.807) is 30.7 Å². The summed E-state index contributed by atoms with van der Waals surface area (Å²) in [4.78, 5) is 24.0. The molecule has 6 nitrogen and oxygen atoms in total. The number of pyridine rings is 1. The van der Waals surface area contributed by atoms with E-state index in [9.17, 15) is 4.79 Å². The molecule has 0 saturated heterocycles. The van der Waals surface area contributed by atoms with Gasteiger partial charge in [-0.3, -0.25) is 9.78 Å². The van der Waals surface area contributed by atoms with Gasteiger partial charge in [-0.1, -0.05) is 23.7 Å². The number of carbonyl (C=O) groups is 1. The van der Waals surface area contributed by atoms with Crippen LogP contribution in [0.2, 0.25) is 5.02 Å². The summed E-state index contributed by atoms with van der Waals surface area (Å²) in [6, 6.07) is 10.9. The van der Waals surface area contributed by atoms with Crippen molar-refractivity contribution in [2.24, 2.45) is 0 Å². The molecule has 2 N–H and O–H groups in total. The van der Waals surface area contributed by atoms with Gasteiger partial charge in [-0.2, -0.15) is 0 Å². The summed E-state index contributed by atoms with van der Waals surface area (Å²) in [5, 5.41) is 6.56. The Kier molecular flexibility index (Phi) is 5.20. The minimum Gasteiger partial charge on any atom is -0.362 e. The Morgan fingerprint density at radius 1 is 1.08 bits per heavy atom. The molecule has 0 aliphatic heterocycles. The first-order valence-electron chi connectivity index (χ1n) is 7.67. The molecule has 0 radical (unpaired) electrons. The van der Waals surface area contributed by atoms with E-state index in [1.165, 1.54) is 6.33 Å². The first kappa shape index (κ1) is 16.9. The Morgan fingerprint density at radius 3 is 2.48 bits per heavy atom. The third-order valence-electron chi connectivity index (χ3n) is 3.63. The van der Waals surface area contributed by atoms with Crippen molar-refractivity contribution >= 4 is 29.0 Å². The van der Waals surface area contributed by atoms with Crippen LogP contribution >= 0.6 is 11.6 Å². The van der Waals surface area contributed by atoms with Crippen LogP contribution in [0.5, 0.6) is 0 Å². The SMILES string of the molecule is CC(Nc1ncncc1Cl)c1ccc(NC(=O)c2ccncc2)cc1. The Hall–Kier alpha value is -2.99. The molecule has 1 aromatic carbocycles. The molecule has 1 amide bonds. The second-order valence-electron chi connectivity index (χ2n) is 5.40. The average Bonchev–Trinajstić information content (AvgIpc) is 2.65. The molecular weight excluding hydrogens is 338 g/mol. The van der Waals surface area contributed by atoms with Crippen LogP contribution in [-0.2, 0) is 0 Å². The molecule has 0 aliphatic rings. The molecule has 126 valence electrons. The van der Waals surface area contributed by atoms with Crippen LogP contribution in [-0.4, -0.2) is 20.9 Å². The molecule has 1 unspecified atom stereocenters. The zero-order chi connectivity index (χ0) is 17.6. The minimum absolute atomic E-state index is 0.00245. The molecule has 2 aromatic heterocycles. The zero-order valence-electron chi connectivity index (χ0n) is 13.5. The number of hydrogen-bond donors (Lipinski definition) is 2. The maximum Gasteiger partial charge on any atom is 0.255 e. The Labute approximate surface area is 150 Å². The lowest BCUT2D eigenvalue weighted by Gasteiger charge is -2.16. The topological polar surface area (TPSA) is 79.8 Å². The largest absolute Gasteiger partial charge is 0.362 e. The number of carbonyl (C=O) groups excluding carboxylic acids is 1. The van der Waals surface area contributed by atoms with Crippen LogP contribution in [0.15, 0.2) is 61.3 Å². The molecule has 0 spiro atoms. The zero-order valence-corrected chi connectivity index (χ0v) is 14.2. The van der Waals surface area contributed by atoms with Crippen molar-refractivity contribution < 1.29 is 4.79 Å². The van der Waals surface area contributed by atoms with Gasteiger partial charge in [0.05, 0.1) is 6.20 Å². The first-order chi connectivity index (χ1) is 12.1. The maximum absolute atomic E-state index is 12.1. The average molecular weight is 354 g/mol. The summed E-state index contributed by atoms with van der Waals surface area (Å²) < 4.78 is 0. The summed E-state index contributed by atoms with van der Waals surface area (Å²) in [7, 11) is 0. The lowest BCUT2D eigenvalue weighted by atomic mass is 10.1. The van der Waals surface area contributed by atoms with Crippen molar-refractivity contribution in [2.45, 2.75) is 13.0 Å². The summed E-state index contributed by atoms with van der Waals surface area (Å²) in [6.07, 6.45) is 6.16. The van der Waals surface area contributed by atoms with E-state index in [-0.39, 0.29) is 11.9 Å². The monoisotopic (exact) mass is 353 g/mol. The summed E-state index contributed by atoms with van der Waals surface area (Å²) >= 11 is 6.06. The van der Waals surface area contributed by atoms with Crippen LogP contribution < -0.4 is 10.6 Å². The number of benzene rings is 1. The van der Waals surface area contributed by atoms with E-state index in [0.29, 0.717) is 16.4 Å². The van der Waals surface area contributed by atoms with Crippen molar-refractivity contribution in [3.63, 3.8) is 0 Å². The lowest BCUT2D eigenvalue weighted by Crippen LogP contribution is -2.12. The van der Waals surface area contributed by atoms with Crippen molar-refractivity contribution in [3.05, 3.63) is 77.5 Å². The van der Waals surface area contributed by atoms with Crippen molar-refractivity contribution in [3.8, 4) is 0 Å². The smallest absolute Gasteiger partial charge is 0.255 e. The van der Waals surface area contributed by atoms with E-state index in [4.69, 9.17) is 11.6 Å². The standard InChI is InChI=1S/C18H16ClN5O/c1-12(23-17-16(19)10-21-11-22-17)13-2-4-15(5-3-13)24-18(25)14-6-8-20-9-7-14/h2-12H,1H3,(H,24,25)(H,21,22,23). The highest BCUT2D eigenvalue weighted by molar-refractivity contribution is 6.32. The molecule has 0 bridgehead atoms. The third-order valence-corrected chi connectivity index (χ3v) is 3.91. The van der Waals surface area contributed by atoms with Gasteiger partial charge in [0.2, 0.25) is 0 Å². The molecule has 0 fully saturated rings. The fraction of sp³-hybridized carbons (Fsp3) is 0.111. The van der Waals surface area contributed by atoms with Crippen LogP contribution in [0.25, 0.3) is 0 Å². The minimum atomic E-state index is -0.172. The molecule has 3 aromatic rings. The number of hydrogen-bond acceptors (Lipinski definition) is 5. The van der Waals surface area contributed by atoms with Crippen LogP contribution in [0, 0.1) is 0 Å². The Bertz CT molecular complexity index is 855. The van der Waals surface area contributed by atoms with Crippen LogP contribution in [0.4, 0.5) is 11.5 Å². The second kappa shape index (κ2) is 7.72. The van der Waals surface area contributed by atoms with Gasteiger partial charge < -0.3 is 10.6 Å². The van der Waals surface area contributed by atoms with Gasteiger partial charge in [0.15, 0.2) is 0 Å². The molecular formula is C18H16ClN5O. The van der Waals surface area contributed by atoms with Gasteiger partial charge in [0.25, 0.3) is 5.91 Å². The summed E-state index contributed by atoms with van der Waals surface area (Å²) in [5.74, 6) is 0.410. The molecule has 0 aliphatic carbocycles. The highest BCUT2D eigenvalue weighted by Crippen LogP contribution is 2.24. The quantitative estimate of drug-likeness (QED) is 0.726. The van der Waals surface area contributed by atoms with Crippen molar-refractivity contribution in [1.82, 2.24) is 15.0 Å². The fourth-order valence-corrected chi connectivity index (χ4v) is 2.43. The van der Waals surface area contributed by atoms with Gasteiger partial charge in [-0.05, 0) is 36.8 Å². The summed E-state index contributed by atoms with van der Waals surface area (Å²) in [6.45, 7) is 2.00. The number of anilines is 2. The predicted octanol–water partition coefficient (Wildman–Crippen LogP) is 3.95. The van der Waals surface area contributed by atoms with Gasteiger partial charge >= 0.3 is 0 Å². The van der Waals surface area contributed by atoms with Gasteiger partial charge in [-0.25, -0.2) is 9.97 Å². The van der Waals surface area contributed by atoms with E-state index in [0.717, 1.165) is 11.3 Å². The van der Waals surface area contributed by atoms with Crippen molar-refractivity contribution in [2.75, 3.05) is 10.6 Å². The summed E-state index contributed by atoms with van der Waals surface area (Å²) in [5.41, 5.74) is 2.32. The van der Waals surface area contributed by atoms with Crippen molar-refractivity contribution in [1.29, 1.82) is 0 Å². The normalized spacial score (nSPS) is 11.6. The van der Waals surface area contributed by atoms with Crippen LogP contribution in [0.3, 0.4) is 0 Å². The van der Waals surface area contributed by atoms with E-state index >= 15 is 0 Å². The fourth-order valence-electron chi connectivity index (χ4n) is 2.27. The van der Waals surface area contributed by atoms with E-state index in [1.807, 2.05) is 31.2 Å². The highest BCUT2D eigenvalue weighted by atomic mass is 35.5. The number of amides is 1. The van der Waals surface area contributed by atoms with Gasteiger partial charge in [0, 0.05) is 29.7 Å². The first-order valence-corrected chi connectivity index (χ1v) is 8.04. The number of nitrogens with zero attached hydrogens (tertiary/aromatic N) is 3. The van der Waals surface area contributed by atoms with Gasteiger partial charge in [-0.15, -0.1) is 0 Å². The molecule has 3 rings (SSSR count). The van der Waals surface area contributed by atoms with E-state index in [2.05, 4.69) is 25.6 Å². The number of halogens is 1. The third kappa shape index (κ3) is 4.30. The second-order valence-corrected chi connectivity index (χ2v) is 5.80. The van der Waals surface area contributed by atoms with Gasteiger partial charge in [0.1, 0.15) is 17.2 Å². The molecule has 7 heteroatoms. The van der Waals surface area contributed by atoms with Crippen LogP contribution in [0.1, 0.15) is 28.9 Å². The molecule has 2 heterocycles. The molecule has 25 heavy (non-hydrogen) atoms. The Balaban J connectivity index is 1.66. The molecule has 0 saturated carbocycles. The maximum atomic E-state index is 12.1. The number of rotatable bonds is 5. The number of aromatic nitrogens is 3.